The Morgan fingerprint density at radius 3 is 2.86 bits per heavy atom. The fraction of sp³-hybridized carbons (Fsp3) is 0.625. The molecule has 0 atom stereocenters. The lowest BCUT2D eigenvalue weighted by Gasteiger charge is -2.04. The molecular formula is C8H11N3O2S. The van der Waals surface area contributed by atoms with Crippen LogP contribution in [0.3, 0.4) is 0 Å². The number of thioether (sulfide) groups is 1. The molecule has 1 fully saturated rings. The third-order valence-electron chi connectivity index (χ3n) is 2.14. The first-order chi connectivity index (χ1) is 6.72. The van der Waals surface area contributed by atoms with Crippen molar-refractivity contribution in [3.8, 4) is 0 Å². The number of hydrogen-bond acceptors (Lipinski definition) is 4. The van der Waals surface area contributed by atoms with E-state index >= 15 is 0 Å². The van der Waals surface area contributed by atoms with Gasteiger partial charge >= 0.3 is 5.97 Å². The summed E-state index contributed by atoms with van der Waals surface area (Å²) >= 11 is 1.51. The van der Waals surface area contributed by atoms with Crippen molar-refractivity contribution in [1.82, 2.24) is 14.8 Å². The van der Waals surface area contributed by atoms with Crippen molar-refractivity contribution < 1.29 is 9.90 Å². The number of rotatable bonds is 4. The Hall–Kier alpha value is -1.04. The highest BCUT2D eigenvalue weighted by atomic mass is 32.2. The molecule has 0 bridgehead atoms. The van der Waals surface area contributed by atoms with Gasteiger partial charge in [-0.25, -0.2) is 0 Å². The van der Waals surface area contributed by atoms with Crippen LogP contribution in [-0.2, 0) is 11.2 Å². The smallest absolute Gasteiger partial charge is 0.311 e. The van der Waals surface area contributed by atoms with Gasteiger partial charge < -0.3 is 9.67 Å². The molecule has 1 aromatic heterocycles. The molecule has 0 amide bonds. The third-order valence-corrected chi connectivity index (χ3v) is 2.78. The largest absolute Gasteiger partial charge is 0.481 e. The van der Waals surface area contributed by atoms with Gasteiger partial charge in [0.25, 0.3) is 0 Å². The maximum Gasteiger partial charge on any atom is 0.311 e. The van der Waals surface area contributed by atoms with E-state index in [1.807, 2.05) is 10.8 Å². The number of nitrogens with zero attached hydrogens (tertiary/aromatic N) is 3. The van der Waals surface area contributed by atoms with Crippen LogP contribution in [0.15, 0.2) is 5.16 Å². The van der Waals surface area contributed by atoms with Crippen LogP contribution in [-0.4, -0.2) is 32.1 Å². The van der Waals surface area contributed by atoms with Crippen LogP contribution < -0.4 is 0 Å². The lowest BCUT2D eigenvalue weighted by molar-refractivity contribution is -0.136. The Labute approximate surface area is 85.5 Å². The van der Waals surface area contributed by atoms with Crippen LogP contribution in [0.25, 0.3) is 0 Å². The molecule has 1 heterocycles. The minimum Gasteiger partial charge on any atom is -0.481 e. The number of carboxylic acid groups (broad SMARTS) is 1. The Balaban J connectivity index is 2.29. The van der Waals surface area contributed by atoms with Crippen LogP contribution in [0.4, 0.5) is 0 Å². The topological polar surface area (TPSA) is 68.0 Å². The van der Waals surface area contributed by atoms with Gasteiger partial charge in [0.2, 0.25) is 0 Å². The summed E-state index contributed by atoms with van der Waals surface area (Å²) in [6.45, 7) is 0. The summed E-state index contributed by atoms with van der Waals surface area (Å²) in [5.74, 6) is -0.281. The summed E-state index contributed by atoms with van der Waals surface area (Å²) in [5.41, 5.74) is 0. The Morgan fingerprint density at radius 1 is 1.64 bits per heavy atom. The van der Waals surface area contributed by atoms with Gasteiger partial charge in [0.1, 0.15) is 12.2 Å². The first-order valence-electron chi connectivity index (χ1n) is 4.42. The molecule has 2 rings (SSSR count). The van der Waals surface area contributed by atoms with E-state index in [1.54, 1.807) is 0 Å². The monoisotopic (exact) mass is 213 g/mol. The highest BCUT2D eigenvalue weighted by Crippen LogP contribution is 2.38. The van der Waals surface area contributed by atoms with E-state index in [0.29, 0.717) is 11.9 Å². The molecule has 1 aliphatic rings. The molecule has 5 nitrogen and oxygen atoms in total. The van der Waals surface area contributed by atoms with Crippen molar-refractivity contribution >= 4 is 17.7 Å². The van der Waals surface area contributed by atoms with Gasteiger partial charge in [-0.05, 0) is 19.1 Å². The van der Waals surface area contributed by atoms with E-state index in [-0.39, 0.29) is 6.42 Å². The number of carbonyl (C=O) groups is 1. The summed E-state index contributed by atoms with van der Waals surface area (Å²) in [7, 11) is 0. The SMILES string of the molecule is CSc1nnc(CC(=O)O)n1C1CC1. The average molecular weight is 213 g/mol. The number of aromatic nitrogens is 3. The Morgan fingerprint density at radius 2 is 2.36 bits per heavy atom. The second-order valence-electron chi connectivity index (χ2n) is 3.27. The molecule has 0 saturated heterocycles. The van der Waals surface area contributed by atoms with Crippen LogP contribution in [0, 0.1) is 0 Å². The predicted octanol–water partition coefficient (Wildman–Crippen LogP) is 0.962. The molecular weight excluding hydrogens is 202 g/mol. The van der Waals surface area contributed by atoms with Crippen LogP contribution in [0.2, 0.25) is 0 Å². The first-order valence-corrected chi connectivity index (χ1v) is 5.64. The summed E-state index contributed by atoms with van der Waals surface area (Å²) in [4.78, 5) is 10.6. The highest BCUT2D eigenvalue weighted by Gasteiger charge is 2.29. The van der Waals surface area contributed by atoms with E-state index in [4.69, 9.17) is 5.11 Å². The minimum absolute atomic E-state index is 0.0376. The average Bonchev–Trinajstić information content (AvgIpc) is 2.88. The van der Waals surface area contributed by atoms with Crippen LogP contribution in [0.1, 0.15) is 24.7 Å². The van der Waals surface area contributed by atoms with Crippen molar-refractivity contribution in [1.29, 1.82) is 0 Å². The zero-order chi connectivity index (χ0) is 10.1. The molecule has 6 heteroatoms. The maximum absolute atomic E-state index is 10.6. The lowest BCUT2D eigenvalue weighted by Crippen LogP contribution is -2.08. The molecule has 0 aliphatic heterocycles. The van der Waals surface area contributed by atoms with Crippen molar-refractivity contribution in [3.05, 3.63) is 5.82 Å². The van der Waals surface area contributed by atoms with E-state index in [9.17, 15) is 4.79 Å². The number of hydrogen-bond donors (Lipinski definition) is 1. The molecule has 1 N–H and O–H groups in total. The molecule has 1 saturated carbocycles. The molecule has 0 spiro atoms. The van der Waals surface area contributed by atoms with Crippen molar-refractivity contribution in [2.45, 2.75) is 30.5 Å². The summed E-state index contributed by atoms with van der Waals surface area (Å²) in [6.07, 6.45) is 4.11. The molecule has 1 aliphatic carbocycles. The normalized spacial score (nSPS) is 15.8. The van der Waals surface area contributed by atoms with Crippen molar-refractivity contribution in [2.75, 3.05) is 6.26 Å². The second kappa shape index (κ2) is 3.61. The van der Waals surface area contributed by atoms with Gasteiger partial charge in [0.05, 0.1) is 0 Å². The molecule has 76 valence electrons. The Bertz CT molecular complexity index is 359. The van der Waals surface area contributed by atoms with Gasteiger partial charge in [-0.15, -0.1) is 10.2 Å². The number of carboxylic acids is 1. The van der Waals surface area contributed by atoms with Gasteiger partial charge in [-0.1, -0.05) is 11.8 Å². The van der Waals surface area contributed by atoms with E-state index in [1.165, 1.54) is 11.8 Å². The molecule has 14 heavy (non-hydrogen) atoms. The lowest BCUT2D eigenvalue weighted by atomic mass is 10.4. The quantitative estimate of drug-likeness (QED) is 0.754. The minimum atomic E-state index is -0.855. The first kappa shape index (κ1) is 9.51. The van der Waals surface area contributed by atoms with Gasteiger partial charge in [-0.3, -0.25) is 4.79 Å². The predicted molar refractivity (Wildman–Crippen MR) is 51.4 cm³/mol. The second-order valence-corrected chi connectivity index (χ2v) is 4.05. The fourth-order valence-electron chi connectivity index (χ4n) is 1.40. The third kappa shape index (κ3) is 1.75. The highest BCUT2D eigenvalue weighted by molar-refractivity contribution is 7.98. The Kier molecular flexibility index (Phi) is 2.45. The van der Waals surface area contributed by atoms with E-state index in [2.05, 4.69) is 10.2 Å². The van der Waals surface area contributed by atoms with Crippen molar-refractivity contribution in [2.24, 2.45) is 0 Å². The van der Waals surface area contributed by atoms with Crippen LogP contribution >= 0.6 is 11.8 Å². The zero-order valence-electron chi connectivity index (χ0n) is 7.80. The van der Waals surface area contributed by atoms with Crippen LogP contribution in [0.5, 0.6) is 0 Å². The molecule has 1 aromatic rings. The zero-order valence-corrected chi connectivity index (χ0v) is 8.62. The standard InChI is InChI=1S/C8H11N3O2S/c1-14-8-10-9-6(4-7(12)13)11(8)5-2-3-5/h5H,2-4H2,1H3,(H,12,13). The van der Waals surface area contributed by atoms with Crippen molar-refractivity contribution in [3.63, 3.8) is 0 Å². The maximum atomic E-state index is 10.6. The number of aliphatic carboxylic acids is 1. The van der Waals surface area contributed by atoms with E-state index in [0.717, 1.165) is 18.0 Å². The van der Waals surface area contributed by atoms with Gasteiger partial charge in [0, 0.05) is 6.04 Å². The van der Waals surface area contributed by atoms with Gasteiger partial charge in [-0.2, -0.15) is 0 Å². The van der Waals surface area contributed by atoms with E-state index < -0.39 is 5.97 Å². The summed E-state index contributed by atoms with van der Waals surface area (Å²) in [5, 5.41) is 17.4. The fourth-order valence-corrected chi connectivity index (χ4v) is 1.98. The molecule has 0 aromatic carbocycles. The summed E-state index contributed by atoms with van der Waals surface area (Å²) < 4.78 is 1.96. The van der Waals surface area contributed by atoms with Gasteiger partial charge in [0.15, 0.2) is 5.16 Å². The summed E-state index contributed by atoms with van der Waals surface area (Å²) in [6, 6.07) is 0.432. The molecule has 0 unspecified atom stereocenters. The molecule has 0 radical (unpaired) electrons.